The highest BCUT2D eigenvalue weighted by atomic mass is 16.3. The number of fused-ring (bicyclic) bond motifs is 1. The van der Waals surface area contributed by atoms with E-state index in [2.05, 4.69) is 29.1 Å². The van der Waals surface area contributed by atoms with E-state index in [9.17, 15) is 0 Å². The Morgan fingerprint density at radius 2 is 2.22 bits per heavy atom. The van der Waals surface area contributed by atoms with Gasteiger partial charge in [0.05, 0.1) is 18.5 Å². The molecule has 0 radical (unpaired) electrons. The molecule has 2 aromatic heterocycles. The number of aliphatic hydroxyl groups is 1. The van der Waals surface area contributed by atoms with Crippen molar-refractivity contribution in [2.45, 2.75) is 39.8 Å². The minimum absolute atomic E-state index is 0.134. The van der Waals surface area contributed by atoms with Crippen LogP contribution in [-0.2, 0) is 6.54 Å². The van der Waals surface area contributed by atoms with Crippen molar-refractivity contribution >= 4 is 5.78 Å². The first kappa shape index (κ1) is 13.0. The number of rotatable bonds is 5. The van der Waals surface area contributed by atoms with Gasteiger partial charge in [-0.2, -0.15) is 0 Å². The van der Waals surface area contributed by atoms with E-state index in [0.717, 1.165) is 29.3 Å². The second-order valence-electron chi connectivity index (χ2n) is 4.59. The molecule has 0 saturated heterocycles. The normalized spacial score (nSPS) is 13.1. The highest BCUT2D eigenvalue weighted by Crippen LogP contribution is 2.10. The van der Waals surface area contributed by atoms with E-state index in [-0.39, 0.29) is 12.6 Å². The molecule has 18 heavy (non-hydrogen) atoms. The van der Waals surface area contributed by atoms with Crippen molar-refractivity contribution in [3.05, 3.63) is 29.3 Å². The van der Waals surface area contributed by atoms with E-state index in [1.807, 2.05) is 23.6 Å². The van der Waals surface area contributed by atoms with Crippen LogP contribution in [0, 0.1) is 13.8 Å². The van der Waals surface area contributed by atoms with Crippen LogP contribution in [0.1, 0.15) is 30.4 Å². The lowest BCUT2D eigenvalue weighted by Crippen LogP contribution is -2.31. The number of hydrogen-bond donors (Lipinski definition) is 2. The second-order valence-corrected chi connectivity index (χ2v) is 4.59. The number of nitrogens with one attached hydrogen (secondary N) is 1. The number of hydrogen-bond acceptors (Lipinski definition) is 4. The number of imidazole rings is 1. The van der Waals surface area contributed by atoms with Gasteiger partial charge in [0.25, 0.3) is 0 Å². The van der Waals surface area contributed by atoms with E-state index in [4.69, 9.17) is 5.11 Å². The Morgan fingerprint density at radius 3 is 2.89 bits per heavy atom. The van der Waals surface area contributed by atoms with Crippen molar-refractivity contribution in [1.82, 2.24) is 19.7 Å². The lowest BCUT2D eigenvalue weighted by atomic mass is 10.2. The van der Waals surface area contributed by atoms with Crippen molar-refractivity contribution in [3.8, 4) is 0 Å². The van der Waals surface area contributed by atoms with Crippen LogP contribution >= 0.6 is 0 Å². The van der Waals surface area contributed by atoms with Crippen LogP contribution in [0.5, 0.6) is 0 Å². The summed E-state index contributed by atoms with van der Waals surface area (Å²) in [7, 11) is 0. The number of aliphatic hydroxyl groups excluding tert-OH is 1. The smallest absolute Gasteiger partial charge is 0.234 e. The minimum atomic E-state index is 0.134. The average Bonchev–Trinajstić information content (AvgIpc) is 2.73. The molecule has 5 nitrogen and oxygen atoms in total. The summed E-state index contributed by atoms with van der Waals surface area (Å²) in [5.74, 6) is 0.737. The van der Waals surface area contributed by atoms with E-state index >= 15 is 0 Å². The van der Waals surface area contributed by atoms with Crippen LogP contribution in [0.25, 0.3) is 5.78 Å². The molecular formula is C13H20N4O. The molecule has 1 unspecified atom stereocenters. The molecule has 0 aromatic carbocycles. The van der Waals surface area contributed by atoms with E-state index in [0.29, 0.717) is 6.54 Å². The van der Waals surface area contributed by atoms with E-state index in [1.54, 1.807) is 0 Å². The van der Waals surface area contributed by atoms with Crippen LogP contribution in [0.4, 0.5) is 0 Å². The fourth-order valence-corrected chi connectivity index (χ4v) is 2.11. The first-order valence-corrected chi connectivity index (χ1v) is 6.30. The van der Waals surface area contributed by atoms with Gasteiger partial charge in [0, 0.05) is 24.0 Å². The SMILES string of the molecule is CCC(CO)NCc1cnc2nc(C)cc(C)n12. The first-order chi connectivity index (χ1) is 8.65. The standard InChI is InChI=1S/C13H20N4O/c1-4-11(8-18)14-6-12-7-15-13-16-9(2)5-10(3)17(12)13/h5,7,11,14,18H,4,6,8H2,1-3H3. The summed E-state index contributed by atoms with van der Waals surface area (Å²) < 4.78 is 2.05. The first-order valence-electron chi connectivity index (χ1n) is 6.30. The molecule has 0 aliphatic rings. The van der Waals surface area contributed by atoms with Crippen LogP contribution in [0.15, 0.2) is 12.3 Å². The fraction of sp³-hybridized carbons (Fsp3) is 0.538. The summed E-state index contributed by atoms with van der Waals surface area (Å²) in [4.78, 5) is 8.72. The van der Waals surface area contributed by atoms with Crippen LogP contribution in [-0.4, -0.2) is 32.1 Å². The van der Waals surface area contributed by atoms with Gasteiger partial charge in [-0.3, -0.25) is 4.40 Å². The zero-order chi connectivity index (χ0) is 13.1. The third-order valence-corrected chi connectivity index (χ3v) is 3.15. The molecule has 0 fully saturated rings. The molecular weight excluding hydrogens is 228 g/mol. The van der Waals surface area contributed by atoms with Gasteiger partial charge >= 0.3 is 0 Å². The third-order valence-electron chi connectivity index (χ3n) is 3.15. The Labute approximate surface area is 107 Å². The summed E-state index contributed by atoms with van der Waals surface area (Å²) in [5.41, 5.74) is 3.18. The molecule has 98 valence electrons. The maximum Gasteiger partial charge on any atom is 0.234 e. The number of nitrogens with zero attached hydrogens (tertiary/aromatic N) is 3. The molecule has 0 amide bonds. The Morgan fingerprint density at radius 1 is 1.44 bits per heavy atom. The minimum Gasteiger partial charge on any atom is -0.395 e. The molecule has 2 N–H and O–H groups in total. The van der Waals surface area contributed by atoms with Gasteiger partial charge in [-0.25, -0.2) is 9.97 Å². The summed E-state index contributed by atoms with van der Waals surface area (Å²) in [6.45, 7) is 6.92. The van der Waals surface area contributed by atoms with Crippen molar-refractivity contribution in [3.63, 3.8) is 0 Å². The second kappa shape index (κ2) is 5.46. The topological polar surface area (TPSA) is 62.5 Å². The largest absolute Gasteiger partial charge is 0.395 e. The molecule has 0 aliphatic heterocycles. The Hall–Kier alpha value is -1.46. The molecule has 5 heteroatoms. The molecule has 0 saturated carbocycles. The Kier molecular flexibility index (Phi) is 3.93. The quantitative estimate of drug-likeness (QED) is 0.835. The zero-order valence-corrected chi connectivity index (χ0v) is 11.1. The maximum atomic E-state index is 9.16. The molecule has 0 aliphatic carbocycles. The molecule has 1 atom stereocenters. The van der Waals surface area contributed by atoms with Crippen molar-refractivity contribution in [2.75, 3.05) is 6.61 Å². The summed E-state index contributed by atoms with van der Waals surface area (Å²) in [6, 6.07) is 2.18. The lowest BCUT2D eigenvalue weighted by Gasteiger charge is -2.14. The monoisotopic (exact) mass is 248 g/mol. The highest BCUT2D eigenvalue weighted by molar-refractivity contribution is 5.35. The van der Waals surface area contributed by atoms with E-state index < -0.39 is 0 Å². The molecule has 0 spiro atoms. The number of aryl methyl sites for hydroxylation is 2. The van der Waals surface area contributed by atoms with Gasteiger partial charge in [-0.15, -0.1) is 0 Å². The summed E-state index contributed by atoms with van der Waals surface area (Å²) in [6.07, 6.45) is 2.75. The maximum absolute atomic E-state index is 9.16. The van der Waals surface area contributed by atoms with Crippen LogP contribution in [0.2, 0.25) is 0 Å². The lowest BCUT2D eigenvalue weighted by molar-refractivity contribution is 0.238. The third kappa shape index (κ3) is 2.52. The van der Waals surface area contributed by atoms with Crippen LogP contribution in [0.3, 0.4) is 0 Å². The van der Waals surface area contributed by atoms with E-state index in [1.165, 1.54) is 0 Å². The Bertz CT molecular complexity index is 531. The summed E-state index contributed by atoms with van der Waals surface area (Å²) >= 11 is 0. The Balaban J connectivity index is 2.24. The predicted octanol–water partition coefficient (Wildman–Crippen LogP) is 1.21. The van der Waals surface area contributed by atoms with Gasteiger partial charge in [-0.05, 0) is 26.3 Å². The molecule has 2 rings (SSSR count). The predicted molar refractivity (Wildman–Crippen MR) is 70.5 cm³/mol. The van der Waals surface area contributed by atoms with Crippen molar-refractivity contribution in [2.24, 2.45) is 0 Å². The van der Waals surface area contributed by atoms with Crippen molar-refractivity contribution < 1.29 is 5.11 Å². The van der Waals surface area contributed by atoms with Crippen molar-refractivity contribution in [1.29, 1.82) is 0 Å². The van der Waals surface area contributed by atoms with Gasteiger partial charge in [0.15, 0.2) is 0 Å². The van der Waals surface area contributed by atoms with Gasteiger partial charge in [0.1, 0.15) is 0 Å². The highest BCUT2D eigenvalue weighted by Gasteiger charge is 2.09. The van der Waals surface area contributed by atoms with Crippen LogP contribution < -0.4 is 5.32 Å². The van der Waals surface area contributed by atoms with Gasteiger partial charge in [-0.1, -0.05) is 6.92 Å². The molecule has 0 bridgehead atoms. The van der Waals surface area contributed by atoms with Gasteiger partial charge < -0.3 is 10.4 Å². The fourth-order valence-electron chi connectivity index (χ4n) is 2.11. The average molecular weight is 248 g/mol. The molecule has 2 heterocycles. The number of aromatic nitrogens is 3. The van der Waals surface area contributed by atoms with Gasteiger partial charge in [0.2, 0.25) is 5.78 Å². The zero-order valence-electron chi connectivity index (χ0n) is 11.1. The molecule has 2 aromatic rings. The summed E-state index contributed by atoms with van der Waals surface area (Å²) in [5, 5.41) is 12.5.